The smallest absolute Gasteiger partial charge is 0.338 e. The molecule has 2 N–H and O–H groups in total. The van der Waals surface area contributed by atoms with Crippen LogP contribution in [0.3, 0.4) is 0 Å². The van der Waals surface area contributed by atoms with E-state index in [0.29, 0.717) is 24.4 Å². The molecule has 0 aromatic heterocycles. The van der Waals surface area contributed by atoms with E-state index >= 15 is 0 Å². The molecule has 2 aliphatic heterocycles. The third kappa shape index (κ3) is 4.25. The lowest BCUT2D eigenvalue weighted by Crippen LogP contribution is -2.49. The second kappa shape index (κ2) is 8.36. The summed E-state index contributed by atoms with van der Waals surface area (Å²) in [6.07, 6.45) is 3.53. The Labute approximate surface area is 154 Å². The first-order chi connectivity index (χ1) is 12.6. The van der Waals surface area contributed by atoms with Gasteiger partial charge in [-0.25, -0.2) is 9.59 Å². The maximum absolute atomic E-state index is 12.7. The monoisotopic (exact) mass is 357 g/mol. The van der Waals surface area contributed by atoms with Gasteiger partial charge in [0.05, 0.1) is 18.2 Å². The van der Waals surface area contributed by atoms with E-state index in [1.165, 1.54) is 6.42 Å². The zero-order valence-electron chi connectivity index (χ0n) is 15.5. The molecule has 0 spiro atoms. The molecule has 26 heavy (non-hydrogen) atoms. The number of hydrogen-bond donors (Lipinski definition) is 2. The molecule has 0 bridgehead atoms. The van der Waals surface area contributed by atoms with Crippen LogP contribution in [-0.2, 0) is 9.53 Å². The third-order valence-corrected chi connectivity index (χ3v) is 4.89. The first-order valence-electron chi connectivity index (χ1n) is 9.35. The Bertz CT molecular complexity index is 691. The summed E-state index contributed by atoms with van der Waals surface area (Å²) in [7, 11) is 0. The maximum atomic E-state index is 12.7. The lowest BCUT2D eigenvalue weighted by molar-refractivity contribution is -0.139. The highest BCUT2D eigenvalue weighted by Crippen LogP contribution is 2.28. The molecule has 1 aromatic rings. The predicted molar refractivity (Wildman–Crippen MR) is 99.5 cm³/mol. The quantitative estimate of drug-likeness (QED) is 0.795. The van der Waals surface area contributed by atoms with E-state index in [2.05, 4.69) is 15.5 Å². The molecule has 140 valence electrons. The maximum Gasteiger partial charge on any atom is 0.338 e. The van der Waals surface area contributed by atoms with Crippen LogP contribution in [0.25, 0.3) is 0 Å². The summed E-state index contributed by atoms with van der Waals surface area (Å²) in [5, 5.41) is 5.73. The van der Waals surface area contributed by atoms with E-state index in [9.17, 15) is 9.59 Å². The molecule has 6 nitrogen and oxygen atoms in total. The number of amides is 2. The molecule has 1 fully saturated rings. The Morgan fingerprint density at radius 2 is 1.88 bits per heavy atom. The van der Waals surface area contributed by atoms with Crippen molar-refractivity contribution in [3.63, 3.8) is 0 Å². The Balaban J connectivity index is 1.96. The van der Waals surface area contributed by atoms with Crippen molar-refractivity contribution in [2.45, 2.75) is 39.2 Å². The number of carbonyl (C=O) groups is 2. The normalized spacial score (nSPS) is 21.2. The van der Waals surface area contributed by atoms with E-state index in [0.717, 1.165) is 37.1 Å². The highest BCUT2D eigenvalue weighted by atomic mass is 16.5. The van der Waals surface area contributed by atoms with Crippen molar-refractivity contribution in [3.8, 4) is 0 Å². The standard InChI is InChI=1S/C20H27N3O3/c1-3-26-19(24)17-16(13-23-11-5-4-6-12-23)21-20(25)22-18(17)15-9-7-14(2)8-10-15/h7-10,18H,3-6,11-13H2,1-2H3,(H2,21,22,25)/t18-/m1/s1. The van der Waals surface area contributed by atoms with Crippen LogP contribution in [0.2, 0.25) is 0 Å². The summed E-state index contributed by atoms with van der Waals surface area (Å²) in [4.78, 5) is 27.3. The van der Waals surface area contributed by atoms with Crippen molar-refractivity contribution in [2.24, 2.45) is 0 Å². The number of nitrogens with zero attached hydrogens (tertiary/aromatic N) is 1. The fourth-order valence-electron chi connectivity index (χ4n) is 3.54. The lowest BCUT2D eigenvalue weighted by atomic mass is 9.94. The van der Waals surface area contributed by atoms with Gasteiger partial charge in [0.1, 0.15) is 0 Å². The number of urea groups is 1. The SMILES string of the molecule is CCOC(=O)C1=C(CN2CCCCC2)NC(=O)N[C@@H]1c1ccc(C)cc1. The van der Waals surface area contributed by atoms with Gasteiger partial charge in [0.25, 0.3) is 0 Å². The van der Waals surface area contributed by atoms with Crippen molar-refractivity contribution < 1.29 is 14.3 Å². The van der Waals surface area contributed by atoms with Crippen LogP contribution >= 0.6 is 0 Å². The summed E-state index contributed by atoms with van der Waals surface area (Å²) >= 11 is 0. The summed E-state index contributed by atoms with van der Waals surface area (Å²) < 4.78 is 5.30. The minimum atomic E-state index is -0.497. The summed E-state index contributed by atoms with van der Waals surface area (Å²) in [5.41, 5.74) is 3.16. The Morgan fingerprint density at radius 3 is 2.54 bits per heavy atom. The molecule has 2 amide bonds. The molecule has 0 radical (unpaired) electrons. The van der Waals surface area contributed by atoms with Gasteiger partial charge in [-0.1, -0.05) is 36.2 Å². The topological polar surface area (TPSA) is 70.7 Å². The average molecular weight is 357 g/mol. The number of aryl methyl sites for hydroxylation is 1. The van der Waals surface area contributed by atoms with Crippen molar-refractivity contribution >= 4 is 12.0 Å². The molecule has 0 aliphatic carbocycles. The molecular weight excluding hydrogens is 330 g/mol. The minimum Gasteiger partial charge on any atom is -0.463 e. The fourth-order valence-corrected chi connectivity index (χ4v) is 3.54. The van der Waals surface area contributed by atoms with Gasteiger partial charge >= 0.3 is 12.0 Å². The zero-order chi connectivity index (χ0) is 18.5. The van der Waals surface area contributed by atoms with Gasteiger partial charge in [0.2, 0.25) is 0 Å². The van der Waals surface area contributed by atoms with Crippen molar-refractivity contribution in [2.75, 3.05) is 26.2 Å². The van der Waals surface area contributed by atoms with Crippen molar-refractivity contribution in [1.29, 1.82) is 0 Å². The van der Waals surface area contributed by atoms with Gasteiger partial charge in [-0.05, 0) is 45.3 Å². The van der Waals surface area contributed by atoms with Crippen LogP contribution in [0.15, 0.2) is 35.5 Å². The van der Waals surface area contributed by atoms with Crippen LogP contribution in [-0.4, -0.2) is 43.1 Å². The average Bonchev–Trinajstić information content (AvgIpc) is 2.63. The Morgan fingerprint density at radius 1 is 1.19 bits per heavy atom. The van der Waals surface area contributed by atoms with Gasteiger partial charge in [0, 0.05) is 12.2 Å². The number of nitrogens with one attached hydrogen (secondary N) is 2. The molecule has 1 atom stereocenters. The van der Waals surface area contributed by atoms with Crippen LogP contribution in [0.4, 0.5) is 4.79 Å². The third-order valence-electron chi connectivity index (χ3n) is 4.89. The zero-order valence-corrected chi connectivity index (χ0v) is 15.5. The van der Waals surface area contributed by atoms with Crippen LogP contribution in [0.5, 0.6) is 0 Å². The number of rotatable bonds is 5. The van der Waals surface area contributed by atoms with E-state index in [-0.39, 0.29) is 12.0 Å². The summed E-state index contributed by atoms with van der Waals surface area (Å²) in [5.74, 6) is -0.377. The van der Waals surface area contributed by atoms with Crippen molar-refractivity contribution in [3.05, 3.63) is 46.7 Å². The van der Waals surface area contributed by atoms with E-state index in [1.807, 2.05) is 31.2 Å². The summed E-state index contributed by atoms with van der Waals surface area (Å²) in [6, 6.07) is 7.08. The first kappa shape index (κ1) is 18.5. The van der Waals surface area contributed by atoms with E-state index < -0.39 is 6.04 Å². The molecular formula is C20H27N3O3. The Kier molecular flexibility index (Phi) is 5.93. The molecule has 1 saturated heterocycles. The van der Waals surface area contributed by atoms with Gasteiger partial charge < -0.3 is 15.4 Å². The van der Waals surface area contributed by atoms with Crippen LogP contribution in [0.1, 0.15) is 43.4 Å². The number of carbonyl (C=O) groups excluding carboxylic acids is 2. The Hall–Kier alpha value is -2.34. The number of hydrogen-bond acceptors (Lipinski definition) is 4. The minimum absolute atomic E-state index is 0.282. The largest absolute Gasteiger partial charge is 0.463 e. The number of esters is 1. The predicted octanol–water partition coefficient (Wildman–Crippen LogP) is 2.65. The highest BCUT2D eigenvalue weighted by Gasteiger charge is 2.34. The molecule has 0 saturated carbocycles. The van der Waals surface area contributed by atoms with Crippen molar-refractivity contribution in [1.82, 2.24) is 15.5 Å². The summed E-state index contributed by atoms with van der Waals surface area (Å²) in [6.45, 7) is 6.63. The highest BCUT2D eigenvalue weighted by molar-refractivity contribution is 5.95. The molecule has 2 aliphatic rings. The van der Waals surface area contributed by atoms with Crippen LogP contribution < -0.4 is 10.6 Å². The second-order valence-electron chi connectivity index (χ2n) is 6.89. The number of benzene rings is 1. The molecule has 3 rings (SSSR count). The molecule has 1 aromatic carbocycles. The second-order valence-corrected chi connectivity index (χ2v) is 6.89. The van der Waals surface area contributed by atoms with Crippen LogP contribution in [0, 0.1) is 6.92 Å². The molecule has 6 heteroatoms. The van der Waals surface area contributed by atoms with Gasteiger partial charge in [0.15, 0.2) is 0 Å². The van der Waals surface area contributed by atoms with Gasteiger partial charge in [-0.3, -0.25) is 4.90 Å². The van der Waals surface area contributed by atoms with E-state index in [1.54, 1.807) is 6.92 Å². The molecule has 2 heterocycles. The number of likely N-dealkylation sites (tertiary alicyclic amines) is 1. The van der Waals surface area contributed by atoms with Gasteiger partial charge in [-0.2, -0.15) is 0 Å². The fraction of sp³-hybridized carbons (Fsp3) is 0.500. The van der Waals surface area contributed by atoms with Gasteiger partial charge in [-0.15, -0.1) is 0 Å². The number of ether oxygens (including phenoxy) is 1. The lowest BCUT2D eigenvalue weighted by Gasteiger charge is -2.33. The first-order valence-corrected chi connectivity index (χ1v) is 9.35. The van der Waals surface area contributed by atoms with E-state index in [4.69, 9.17) is 4.74 Å². The number of piperidine rings is 1. The molecule has 0 unspecified atom stereocenters.